The fourth-order valence-electron chi connectivity index (χ4n) is 2.03. The van der Waals surface area contributed by atoms with E-state index < -0.39 is 0 Å². The zero-order valence-corrected chi connectivity index (χ0v) is 8.86. The number of oxime groups is 1. The third kappa shape index (κ3) is 1.96. The maximum Gasteiger partial charge on any atom is 0.119 e. The van der Waals surface area contributed by atoms with Gasteiger partial charge in [-0.3, -0.25) is 0 Å². The Hall–Kier alpha value is -1.51. The molecule has 80 valence electrons. The third-order valence-corrected chi connectivity index (χ3v) is 2.85. The van der Waals surface area contributed by atoms with E-state index in [0.29, 0.717) is 0 Å². The van der Waals surface area contributed by atoms with Crippen molar-refractivity contribution in [1.82, 2.24) is 0 Å². The molecular weight excluding hydrogens is 190 g/mol. The van der Waals surface area contributed by atoms with Crippen LogP contribution in [0.4, 0.5) is 0 Å². The van der Waals surface area contributed by atoms with Crippen LogP contribution in [0.15, 0.2) is 23.4 Å². The van der Waals surface area contributed by atoms with Crippen LogP contribution in [-0.4, -0.2) is 18.0 Å². The molecule has 0 atom stereocenters. The van der Waals surface area contributed by atoms with Crippen molar-refractivity contribution in [3.8, 4) is 5.75 Å². The number of methoxy groups -OCH3 is 1. The lowest BCUT2D eigenvalue weighted by Crippen LogP contribution is -2.02. The zero-order valence-electron chi connectivity index (χ0n) is 8.86. The molecule has 1 aromatic rings. The smallest absolute Gasteiger partial charge is 0.119 e. The van der Waals surface area contributed by atoms with Gasteiger partial charge in [0.1, 0.15) is 5.75 Å². The number of fused-ring (bicyclic) bond motifs is 1. The standard InChI is InChI=1S/C12H15NO2/c1-15-10-6-7-11-9(8-10)4-2-3-5-12(11)13-14/h6-8,14H,2-5H2,1H3. The van der Waals surface area contributed by atoms with Gasteiger partial charge in [-0.25, -0.2) is 0 Å². The molecule has 1 aliphatic rings. The van der Waals surface area contributed by atoms with Crippen LogP contribution in [0.25, 0.3) is 0 Å². The normalized spacial score (nSPS) is 18.3. The highest BCUT2D eigenvalue weighted by Crippen LogP contribution is 2.25. The van der Waals surface area contributed by atoms with Crippen LogP contribution < -0.4 is 4.74 Å². The molecule has 0 aliphatic heterocycles. The molecule has 0 fully saturated rings. The largest absolute Gasteiger partial charge is 0.497 e. The second-order valence-electron chi connectivity index (χ2n) is 3.78. The maximum atomic E-state index is 8.95. The van der Waals surface area contributed by atoms with Crippen molar-refractivity contribution < 1.29 is 9.94 Å². The van der Waals surface area contributed by atoms with Gasteiger partial charge in [0, 0.05) is 5.56 Å². The molecule has 15 heavy (non-hydrogen) atoms. The predicted molar refractivity (Wildman–Crippen MR) is 58.9 cm³/mol. The Balaban J connectivity index is 2.45. The van der Waals surface area contributed by atoms with Crippen LogP contribution in [0.1, 0.15) is 30.4 Å². The lowest BCUT2D eigenvalue weighted by molar-refractivity contribution is 0.318. The van der Waals surface area contributed by atoms with E-state index in [1.807, 2.05) is 18.2 Å². The Bertz CT molecular complexity index is 385. The van der Waals surface area contributed by atoms with Crippen molar-refractivity contribution in [2.75, 3.05) is 7.11 Å². The highest BCUT2D eigenvalue weighted by atomic mass is 16.5. The minimum absolute atomic E-state index is 0.796. The summed E-state index contributed by atoms with van der Waals surface area (Å²) in [5.74, 6) is 0.868. The van der Waals surface area contributed by atoms with Gasteiger partial charge in [0.25, 0.3) is 0 Å². The van der Waals surface area contributed by atoms with Crippen molar-refractivity contribution >= 4 is 5.71 Å². The van der Waals surface area contributed by atoms with Crippen LogP contribution in [0.5, 0.6) is 5.75 Å². The molecule has 0 heterocycles. The Morgan fingerprint density at radius 1 is 1.27 bits per heavy atom. The number of hydrogen-bond acceptors (Lipinski definition) is 3. The Morgan fingerprint density at radius 2 is 2.07 bits per heavy atom. The van der Waals surface area contributed by atoms with Crippen LogP contribution >= 0.6 is 0 Å². The highest BCUT2D eigenvalue weighted by Gasteiger charge is 2.14. The van der Waals surface area contributed by atoms with Gasteiger partial charge in [-0.1, -0.05) is 5.16 Å². The molecule has 0 amide bonds. The van der Waals surface area contributed by atoms with Crippen LogP contribution in [0.2, 0.25) is 0 Å². The first kappa shape index (κ1) is 10.0. The number of nitrogens with zero attached hydrogens (tertiary/aromatic N) is 1. The summed E-state index contributed by atoms with van der Waals surface area (Å²) >= 11 is 0. The zero-order chi connectivity index (χ0) is 10.7. The van der Waals surface area contributed by atoms with E-state index in [0.717, 1.165) is 42.7 Å². The van der Waals surface area contributed by atoms with Gasteiger partial charge in [0.05, 0.1) is 12.8 Å². The monoisotopic (exact) mass is 205 g/mol. The molecule has 0 saturated carbocycles. The Kier molecular flexibility index (Phi) is 2.90. The van der Waals surface area contributed by atoms with Crippen molar-refractivity contribution in [2.45, 2.75) is 25.7 Å². The van der Waals surface area contributed by atoms with E-state index in [9.17, 15) is 0 Å². The summed E-state index contributed by atoms with van der Waals surface area (Å²) in [6.07, 6.45) is 4.11. The first-order valence-electron chi connectivity index (χ1n) is 5.23. The molecule has 3 heteroatoms. The fourth-order valence-corrected chi connectivity index (χ4v) is 2.03. The minimum Gasteiger partial charge on any atom is -0.497 e. The minimum atomic E-state index is 0.796. The number of benzene rings is 1. The Morgan fingerprint density at radius 3 is 2.80 bits per heavy atom. The van der Waals surface area contributed by atoms with Crippen LogP contribution in [0, 0.1) is 0 Å². The number of aryl methyl sites for hydroxylation is 1. The molecule has 0 aromatic heterocycles. The van der Waals surface area contributed by atoms with Crippen LogP contribution in [0.3, 0.4) is 0 Å². The van der Waals surface area contributed by atoms with Crippen molar-refractivity contribution in [3.05, 3.63) is 29.3 Å². The number of rotatable bonds is 1. The summed E-state index contributed by atoms with van der Waals surface area (Å²) in [5.41, 5.74) is 3.08. The average molecular weight is 205 g/mol. The molecule has 0 spiro atoms. The molecule has 0 bridgehead atoms. The SMILES string of the molecule is COc1ccc2c(c1)CCCCC2=NO. The topological polar surface area (TPSA) is 41.8 Å². The van der Waals surface area contributed by atoms with Crippen molar-refractivity contribution in [1.29, 1.82) is 0 Å². The van der Waals surface area contributed by atoms with Crippen molar-refractivity contribution in [3.63, 3.8) is 0 Å². The summed E-state index contributed by atoms with van der Waals surface area (Å²) < 4.78 is 5.19. The Labute approximate surface area is 89.4 Å². The van der Waals surface area contributed by atoms with E-state index in [2.05, 4.69) is 5.16 Å². The van der Waals surface area contributed by atoms with Gasteiger partial charge in [-0.2, -0.15) is 0 Å². The summed E-state index contributed by atoms with van der Waals surface area (Å²) in [7, 11) is 1.67. The molecule has 2 rings (SSSR count). The molecule has 0 unspecified atom stereocenters. The quantitative estimate of drug-likeness (QED) is 0.435. The summed E-state index contributed by atoms with van der Waals surface area (Å²) in [6, 6.07) is 5.93. The molecule has 0 radical (unpaired) electrons. The van der Waals surface area contributed by atoms with Crippen LogP contribution in [-0.2, 0) is 6.42 Å². The van der Waals surface area contributed by atoms with Gasteiger partial charge in [-0.15, -0.1) is 0 Å². The van der Waals surface area contributed by atoms with Crippen molar-refractivity contribution in [2.24, 2.45) is 5.16 Å². The molecule has 3 nitrogen and oxygen atoms in total. The van der Waals surface area contributed by atoms with Gasteiger partial charge in [-0.05, 0) is 49.4 Å². The predicted octanol–water partition coefficient (Wildman–Crippen LogP) is 2.60. The van der Waals surface area contributed by atoms with E-state index in [4.69, 9.17) is 9.94 Å². The molecule has 1 aromatic carbocycles. The van der Waals surface area contributed by atoms with Gasteiger partial charge in [0.15, 0.2) is 0 Å². The second-order valence-corrected chi connectivity index (χ2v) is 3.78. The first-order chi connectivity index (χ1) is 7.35. The third-order valence-electron chi connectivity index (χ3n) is 2.85. The summed E-state index contributed by atoms with van der Waals surface area (Å²) in [5, 5.41) is 12.3. The molecule has 0 saturated heterocycles. The van der Waals surface area contributed by atoms with E-state index in [-0.39, 0.29) is 0 Å². The maximum absolute atomic E-state index is 8.95. The number of ether oxygens (including phenoxy) is 1. The van der Waals surface area contributed by atoms with E-state index in [1.165, 1.54) is 5.56 Å². The summed E-state index contributed by atoms with van der Waals surface area (Å²) in [6.45, 7) is 0. The molecular formula is C12H15NO2. The van der Waals surface area contributed by atoms with E-state index >= 15 is 0 Å². The van der Waals surface area contributed by atoms with E-state index in [1.54, 1.807) is 7.11 Å². The lowest BCUT2D eigenvalue weighted by Gasteiger charge is -2.08. The fraction of sp³-hybridized carbons (Fsp3) is 0.417. The van der Waals surface area contributed by atoms with Gasteiger partial charge < -0.3 is 9.94 Å². The lowest BCUT2D eigenvalue weighted by atomic mass is 10.0. The van der Waals surface area contributed by atoms with Gasteiger partial charge >= 0.3 is 0 Å². The molecule has 1 aliphatic carbocycles. The summed E-state index contributed by atoms with van der Waals surface area (Å²) in [4.78, 5) is 0. The second kappa shape index (κ2) is 4.34. The average Bonchev–Trinajstić information content (AvgIpc) is 2.49. The molecule has 1 N–H and O–H groups in total. The first-order valence-corrected chi connectivity index (χ1v) is 5.23. The number of hydrogen-bond donors (Lipinski definition) is 1. The highest BCUT2D eigenvalue weighted by molar-refractivity contribution is 6.01. The van der Waals surface area contributed by atoms with Gasteiger partial charge in [0.2, 0.25) is 0 Å².